The molecule has 0 bridgehead atoms. The van der Waals surface area contributed by atoms with Crippen molar-refractivity contribution in [2.24, 2.45) is 7.05 Å². The van der Waals surface area contributed by atoms with Crippen molar-refractivity contribution in [2.75, 3.05) is 13.7 Å². The number of methoxy groups -OCH3 is 1. The number of rotatable bonds is 2. The summed E-state index contributed by atoms with van der Waals surface area (Å²) in [5.41, 5.74) is 2.25. The van der Waals surface area contributed by atoms with Gasteiger partial charge in [0.05, 0.1) is 23.2 Å². The summed E-state index contributed by atoms with van der Waals surface area (Å²) in [6.07, 6.45) is 1.30. The molecule has 1 fully saturated rings. The molecule has 0 spiro atoms. The van der Waals surface area contributed by atoms with Gasteiger partial charge in [-0.1, -0.05) is 12.1 Å². The van der Waals surface area contributed by atoms with Crippen LogP contribution in [0, 0.1) is 0 Å². The summed E-state index contributed by atoms with van der Waals surface area (Å²) >= 11 is 0. The molecule has 2 aromatic rings. The molecule has 0 amide bonds. The minimum Gasteiger partial charge on any atom is -0.380 e. The molecule has 0 radical (unpaired) electrons. The third-order valence-corrected chi connectivity index (χ3v) is 3.56. The summed E-state index contributed by atoms with van der Waals surface area (Å²) in [5, 5.41) is 3.47. The smallest absolute Gasteiger partial charge is 0.126 e. The SMILES string of the molecule is CO[C@@H]1CN[C@H](c2nc3ccccc3n2C)C1. The molecule has 4 nitrogen and oxygen atoms in total. The highest BCUT2D eigenvalue weighted by atomic mass is 16.5. The van der Waals surface area contributed by atoms with Crippen molar-refractivity contribution >= 4 is 11.0 Å². The van der Waals surface area contributed by atoms with Gasteiger partial charge in [-0.3, -0.25) is 0 Å². The van der Waals surface area contributed by atoms with Crippen LogP contribution in [0.4, 0.5) is 0 Å². The van der Waals surface area contributed by atoms with Crippen molar-refractivity contribution in [2.45, 2.75) is 18.6 Å². The number of hydrogen-bond donors (Lipinski definition) is 1. The zero-order valence-corrected chi connectivity index (χ0v) is 10.2. The molecule has 1 aromatic heterocycles. The fraction of sp³-hybridized carbons (Fsp3) is 0.462. The minimum atomic E-state index is 0.303. The van der Waals surface area contributed by atoms with Crippen molar-refractivity contribution in [1.29, 1.82) is 0 Å². The molecule has 1 aliphatic rings. The van der Waals surface area contributed by atoms with Crippen LogP contribution < -0.4 is 5.32 Å². The molecule has 0 saturated carbocycles. The highest BCUT2D eigenvalue weighted by Crippen LogP contribution is 2.26. The fourth-order valence-electron chi connectivity index (χ4n) is 2.56. The number of aromatic nitrogens is 2. The molecule has 1 saturated heterocycles. The van der Waals surface area contributed by atoms with Crippen LogP contribution in [-0.2, 0) is 11.8 Å². The number of ether oxygens (including phenoxy) is 1. The lowest BCUT2D eigenvalue weighted by molar-refractivity contribution is 0.117. The summed E-state index contributed by atoms with van der Waals surface area (Å²) in [6.45, 7) is 0.907. The Hall–Kier alpha value is -1.39. The molecule has 0 unspecified atom stereocenters. The van der Waals surface area contributed by atoms with Crippen LogP contribution in [-0.4, -0.2) is 29.3 Å². The van der Waals surface area contributed by atoms with E-state index in [1.165, 1.54) is 5.52 Å². The van der Waals surface area contributed by atoms with Gasteiger partial charge in [-0.05, 0) is 18.6 Å². The highest BCUT2D eigenvalue weighted by Gasteiger charge is 2.28. The molecular formula is C13H17N3O. The lowest BCUT2D eigenvalue weighted by Crippen LogP contribution is -2.18. The number of hydrogen-bond acceptors (Lipinski definition) is 3. The number of para-hydroxylation sites is 2. The molecule has 90 valence electrons. The zero-order valence-electron chi connectivity index (χ0n) is 10.2. The zero-order chi connectivity index (χ0) is 11.8. The van der Waals surface area contributed by atoms with Crippen LogP contribution in [0.5, 0.6) is 0 Å². The van der Waals surface area contributed by atoms with E-state index in [1.54, 1.807) is 7.11 Å². The standard InChI is InChI=1S/C13H17N3O/c1-16-12-6-4-3-5-10(12)15-13(16)11-7-9(17-2)8-14-11/h3-6,9,11,14H,7-8H2,1-2H3/t9-,11-/m0/s1. The van der Waals surface area contributed by atoms with Crippen LogP contribution in [0.15, 0.2) is 24.3 Å². The Bertz CT molecular complexity index is 534. The molecule has 17 heavy (non-hydrogen) atoms. The number of nitrogens with one attached hydrogen (secondary N) is 1. The Morgan fingerprint density at radius 2 is 2.24 bits per heavy atom. The molecular weight excluding hydrogens is 214 g/mol. The van der Waals surface area contributed by atoms with Gasteiger partial charge >= 0.3 is 0 Å². The number of aryl methyl sites for hydroxylation is 1. The maximum Gasteiger partial charge on any atom is 0.126 e. The molecule has 1 N–H and O–H groups in total. The third kappa shape index (κ3) is 1.73. The van der Waals surface area contributed by atoms with E-state index in [0.29, 0.717) is 12.1 Å². The summed E-state index contributed by atoms with van der Waals surface area (Å²) in [6, 6.07) is 8.54. The Balaban J connectivity index is 1.98. The van der Waals surface area contributed by atoms with E-state index in [-0.39, 0.29) is 0 Å². The molecule has 1 aliphatic heterocycles. The van der Waals surface area contributed by atoms with E-state index >= 15 is 0 Å². The third-order valence-electron chi connectivity index (χ3n) is 3.56. The minimum absolute atomic E-state index is 0.303. The first-order valence-electron chi connectivity index (χ1n) is 5.97. The number of imidazole rings is 1. The lowest BCUT2D eigenvalue weighted by Gasteiger charge is -2.10. The topological polar surface area (TPSA) is 39.1 Å². The predicted molar refractivity (Wildman–Crippen MR) is 66.9 cm³/mol. The van der Waals surface area contributed by atoms with Crippen LogP contribution >= 0.6 is 0 Å². The number of nitrogens with zero attached hydrogens (tertiary/aromatic N) is 2. The van der Waals surface area contributed by atoms with Gasteiger partial charge in [-0.25, -0.2) is 4.98 Å². The van der Waals surface area contributed by atoms with E-state index in [2.05, 4.69) is 29.1 Å². The second-order valence-corrected chi connectivity index (χ2v) is 4.57. The fourth-order valence-corrected chi connectivity index (χ4v) is 2.56. The van der Waals surface area contributed by atoms with E-state index in [4.69, 9.17) is 9.72 Å². The summed E-state index contributed by atoms with van der Waals surface area (Å²) < 4.78 is 7.55. The Labute approximate surface area is 101 Å². The second kappa shape index (κ2) is 4.13. The Morgan fingerprint density at radius 1 is 1.41 bits per heavy atom. The number of benzene rings is 1. The first-order valence-corrected chi connectivity index (χ1v) is 5.97. The average molecular weight is 231 g/mol. The van der Waals surface area contributed by atoms with E-state index in [0.717, 1.165) is 24.3 Å². The first kappa shape index (κ1) is 10.7. The van der Waals surface area contributed by atoms with Gasteiger partial charge in [-0.2, -0.15) is 0 Å². The van der Waals surface area contributed by atoms with Gasteiger partial charge in [0.1, 0.15) is 5.82 Å². The molecule has 2 atom stereocenters. The second-order valence-electron chi connectivity index (χ2n) is 4.57. The normalized spacial score (nSPS) is 24.6. The molecule has 1 aromatic carbocycles. The monoisotopic (exact) mass is 231 g/mol. The predicted octanol–water partition coefficient (Wildman–Crippen LogP) is 1.62. The van der Waals surface area contributed by atoms with Crippen molar-refractivity contribution in [3.63, 3.8) is 0 Å². The summed E-state index contributed by atoms with van der Waals surface area (Å²) in [4.78, 5) is 4.71. The van der Waals surface area contributed by atoms with Gasteiger partial charge < -0.3 is 14.6 Å². The first-order chi connectivity index (χ1) is 8.29. The summed E-state index contributed by atoms with van der Waals surface area (Å²) in [5.74, 6) is 1.10. The van der Waals surface area contributed by atoms with E-state index in [9.17, 15) is 0 Å². The quantitative estimate of drug-likeness (QED) is 0.853. The summed E-state index contributed by atoms with van der Waals surface area (Å²) in [7, 11) is 3.84. The Kier molecular flexibility index (Phi) is 2.61. The molecule has 2 heterocycles. The van der Waals surface area contributed by atoms with Gasteiger partial charge in [-0.15, -0.1) is 0 Å². The largest absolute Gasteiger partial charge is 0.380 e. The molecule has 0 aliphatic carbocycles. The van der Waals surface area contributed by atoms with Crippen molar-refractivity contribution in [3.05, 3.63) is 30.1 Å². The van der Waals surface area contributed by atoms with Crippen LogP contribution in [0.1, 0.15) is 18.3 Å². The van der Waals surface area contributed by atoms with Gasteiger partial charge in [0, 0.05) is 20.7 Å². The van der Waals surface area contributed by atoms with E-state index in [1.807, 2.05) is 12.1 Å². The highest BCUT2D eigenvalue weighted by molar-refractivity contribution is 5.75. The maximum atomic E-state index is 5.38. The Morgan fingerprint density at radius 3 is 2.94 bits per heavy atom. The van der Waals surface area contributed by atoms with Gasteiger partial charge in [0.2, 0.25) is 0 Å². The van der Waals surface area contributed by atoms with Crippen molar-refractivity contribution < 1.29 is 4.74 Å². The van der Waals surface area contributed by atoms with Gasteiger partial charge in [0.25, 0.3) is 0 Å². The average Bonchev–Trinajstić information content (AvgIpc) is 2.95. The molecule has 4 heteroatoms. The lowest BCUT2D eigenvalue weighted by atomic mass is 10.2. The van der Waals surface area contributed by atoms with Crippen LogP contribution in [0.3, 0.4) is 0 Å². The maximum absolute atomic E-state index is 5.38. The van der Waals surface area contributed by atoms with Crippen molar-refractivity contribution in [3.8, 4) is 0 Å². The van der Waals surface area contributed by atoms with Crippen molar-refractivity contribution in [1.82, 2.24) is 14.9 Å². The van der Waals surface area contributed by atoms with Crippen LogP contribution in [0.2, 0.25) is 0 Å². The van der Waals surface area contributed by atoms with Gasteiger partial charge in [0.15, 0.2) is 0 Å². The van der Waals surface area contributed by atoms with Crippen LogP contribution in [0.25, 0.3) is 11.0 Å². The van der Waals surface area contributed by atoms with E-state index < -0.39 is 0 Å². The molecule has 3 rings (SSSR count). The number of fused-ring (bicyclic) bond motifs is 1.